The van der Waals surface area contributed by atoms with Crippen LogP contribution in [0.25, 0.3) is 0 Å². The summed E-state index contributed by atoms with van der Waals surface area (Å²) < 4.78 is 5.63. The SMILES string of the molecule is CCCC1(OC(=O)CC)CCCCC1. The van der Waals surface area contributed by atoms with Crippen molar-refractivity contribution in [2.24, 2.45) is 0 Å². The first kappa shape index (κ1) is 11.5. The van der Waals surface area contributed by atoms with Gasteiger partial charge in [-0.1, -0.05) is 26.7 Å². The van der Waals surface area contributed by atoms with E-state index in [1.165, 1.54) is 19.3 Å². The minimum atomic E-state index is -0.0971. The number of hydrogen-bond donors (Lipinski definition) is 0. The number of rotatable bonds is 4. The molecule has 1 saturated carbocycles. The van der Waals surface area contributed by atoms with Crippen molar-refractivity contribution >= 4 is 5.97 Å². The molecule has 0 aliphatic heterocycles. The Morgan fingerprint density at radius 1 is 1.21 bits per heavy atom. The number of carbonyl (C=O) groups is 1. The largest absolute Gasteiger partial charge is 0.459 e. The van der Waals surface area contributed by atoms with Crippen molar-refractivity contribution < 1.29 is 9.53 Å². The monoisotopic (exact) mass is 198 g/mol. The Labute approximate surface area is 87.0 Å². The van der Waals surface area contributed by atoms with Crippen molar-refractivity contribution in [2.45, 2.75) is 70.8 Å². The molecule has 82 valence electrons. The molecule has 2 heteroatoms. The molecule has 0 radical (unpaired) electrons. The highest BCUT2D eigenvalue weighted by Crippen LogP contribution is 2.35. The van der Waals surface area contributed by atoms with Gasteiger partial charge in [-0.2, -0.15) is 0 Å². The molecule has 0 amide bonds. The van der Waals surface area contributed by atoms with Crippen molar-refractivity contribution in [1.29, 1.82) is 0 Å². The molecule has 0 aromatic heterocycles. The van der Waals surface area contributed by atoms with Gasteiger partial charge in [-0.15, -0.1) is 0 Å². The van der Waals surface area contributed by atoms with Gasteiger partial charge in [-0.05, 0) is 32.1 Å². The molecule has 0 saturated heterocycles. The molecule has 0 aromatic rings. The highest BCUT2D eigenvalue weighted by molar-refractivity contribution is 5.69. The van der Waals surface area contributed by atoms with Gasteiger partial charge >= 0.3 is 5.97 Å². The van der Waals surface area contributed by atoms with E-state index in [1.54, 1.807) is 0 Å². The summed E-state index contributed by atoms with van der Waals surface area (Å²) in [5.41, 5.74) is -0.0971. The van der Waals surface area contributed by atoms with Crippen molar-refractivity contribution in [3.05, 3.63) is 0 Å². The van der Waals surface area contributed by atoms with E-state index in [0.717, 1.165) is 25.7 Å². The normalized spacial score (nSPS) is 20.4. The quantitative estimate of drug-likeness (QED) is 0.647. The van der Waals surface area contributed by atoms with E-state index >= 15 is 0 Å². The summed E-state index contributed by atoms with van der Waals surface area (Å²) in [5.74, 6) is -0.0275. The summed E-state index contributed by atoms with van der Waals surface area (Å²) in [4.78, 5) is 11.3. The first-order valence-electron chi connectivity index (χ1n) is 5.94. The molecule has 0 spiro atoms. The van der Waals surface area contributed by atoms with Gasteiger partial charge in [0.05, 0.1) is 0 Å². The van der Waals surface area contributed by atoms with Crippen molar-refractivity contribution in [2.75, 3.05) is 0 Å². The second kappa shape index (κ2) is 5.38. The fourth-order valence-electron chi connectivity index (χ4n) is 2.37. The Morgan fingerprint density at radius 2 is 1.86 bits per heavy atom. The van der Waals surface area contributed by atoms with Crippen LogP contribution in [0.4, 0.5) is 0 Å². The van der Waals surface area contributed by atoms with Crippen molar-refractivity contribution in [1.82, 2.24) is 0 Å². The zero-order chi connectivity index (χ0) is 10.4. The Balaban J connectivity index is 2.55. The maximum absolute atomic E-state index is 11.3. The Hall–Kier alpha value is -0.530. The Kier molecular flexibility index (Phi) is 4.43. The second-order valence-electron chi connectivity index (χ2n) is 4.32. The zero-order valence-electron chi connectivity index (χ0n) is 9.47. The summed E-state index contributed by atoms with van der Waals surface area (Å²) in [6.07, 6.45) is 8.55. The van der Waals surface area contributed by atoms with E-state index in [2.05, 4.69) is 6.92 Å². The average molecular weight is 198 g/mol. The maximum Gasteiger partial charge on any atom is 0.306 e. The van der Waals surface area contributed by atoms with E-state index < -0.39 is 0 Å². The van der Waals surface area contributed by atoms with Gasteiger partial charge in [-0.25, -0.2) is 0 Å². The maximum atomic E-state index is 11.3. The number of ether oxygens (including phenoxy) is 1. The average Bonchev–Trinajstić information content (AvgIpc) is 2.19. The molecular weight excluding hydrogens is 176 g/mol. The van der Waals surface area contributed by atoms with Crippen LogP contribution < -0.4 is 0 Å². The van der Waals surface area contributed by atoms with Crippen LogP contribution in [-0.4, -0.2) is 11.6 Å². The number of esters is 1. The van der Waals surface area contributed by atoms with E-state index in [0.29, 0.717) is 6.42 Å². The Bertz CT molecular complexity index is 175. The summed E-state index contributed by atoms with van der Waals surface area (Å²) in [7, 11) is 0. The van der Waals surface area contributed by atoms with Gasteiger partial charge in [0.2, 0.25) is 0 Å². The van der Waals surface area contributed by atoms with Gasteiger partial charge in [0.25, 0.3) is 0 Å². The zero-order valence-corrected chi connectivity index (χ0v) is 9.47. The van der Waals surface area contributed by atoms with Gasteiger partial charge in [-0.3, -0.25) is 4.79 Å². The van der Waals surface area contributed by atoms with Gasteiger partial charge in [0.1, 0.15) is 5.60 Å². The third kappa shape index (κ3) is 3.00. The summed E-state index contributed by atoms with van der Waals surface area (Å²) in [6, 6.07) is 0. The Morgan fingerprint density at radius 3 is 2.36 bits per heavy atom. The molecule has 1 fully saturated rings. The highest BCUT2D eigenvalue weighted by Gasteiger charge is 2.34. The molecule has 0 atom stereocenters. The smallest absolute Gasteiger partial charge is 0.306 e. The van der Waals surface area contributed by atoms with E-state index in [9.17, 15) is 4.79 Å². The van der Waals surface area contributed by atoms with Crippen LogP contribution in [0, 0.1) is 0 Å². The van der Waals surface area contributed by atoms with Crippen LogP contribution in [0.1, 0.15) is 65.2 Å². The molecule has 0 aromatic carbocycles. The van der Waals surface area contributed by atoms with E-state index in [4.69, 9.17) is 4.74 Å². The lowest BCUT2D eigenvalue weighted by Gasteiger charge is -2.36. The number of hydrogen-bond acceptors (Lipinski definition) is 2. The molecular formula is C12H22O2. The minimum Gasteiger partial charge on any atom is -0.459 e. The third-order valence-electron chi connectivity index (χ3n) is 3.09. The summed E-state index contributed by atoms with van der Waals surface area (Å²) in [6.45, 7) is 4.03. The molecule has 1 aliphatic rings. The van der Waals surface area contributed by atoms with Gasteiger partial charge in [0, 0.05) is 6.42 Å². The van der Waals surface area contributed by atoms with Gasteiger partial charge in [0.15, 0.2) is 0 Å². The van der Waals surface area contributed by atoms with Crippen LogP contribution in [0.2, 0.25) is 0 Å². The van der Waals surface area contributed by atoms with Crippen molar-refractivity contribution in [3.8, 4) is 0 Å². The lowest BCUT2D eigenvalue weighted by Crippen LogP contribution is -2.37. The lowest BCUT2D eigenvalue weighted by molar-refractivity contribution is -0.164. The lowest BCUT2D eigenvalue weighted by atomic mass is 9.81. The van der Waals surface area contributed by atoms with Gasteiger partial charge < -0.3 is 4.74 Å². The van der Waals surface area contributed by atoms with Crippen LogP contribution in [0.3, 0.4) is 0 Å². The predicted octanol–water partition coefficient (Wildman–Crippen LogP) is 3.44. The third-order valence-corrected chi connectivity index (χ3v) is 3.09. The molecule has 1 aliphatic carbocycles. The fraction of sp³-hybridized carbons (Fsp3) is 0.917. The topological polar surface area (TPSA) is 26.3 Å². The molecule has 0 N–H and O–H groups in total. The van der Waals surface area contributed by atoms with Crippen LogP contribution >= 0.6 is 0 Å². The minimum absolute atomic E-state index is 0.0275. The van der Waals surface area contributed by atoms with Crippen LogP contribution in [0.5, 0.6) is 0 Å². The summed E-state index contributed by atoms with van der Waals surface area (Å²) in [5, 5.41) is 0. The molecule has 0 bridgehead atoms. The van der Waals surface area contributed by atoms with Crippen LogP contribution in [-0.2, 0) is 9.53 Å². The first-order chi connectivity index (χ1) is 6.72. The first-order valence-corrected chi connectivity index (χ1v) is 5.94. The highest BCUT2D eigenvalue weighted by atomic mass is 16.6. The molecule has 0 unspecified atom stereocenters. The van der Waals surface area contributed by atoms with E-state index in [1.807, 2.05) is 6.92 Å². The standard InChI is InChI=1S/C12H22O2/c1-3-8-12(14-11(13)4-2)9-6-5-7-10-12/h3-10H2,1-2H3. The van der Waals surface area contributed by atoms with Crippen molar-refractivity contribution in [3.63, 3.8) is 0 Å². The number of carbonyl (C=O) groups excluding carboxylic acids is 1. The fourth-order valence-corrected chi connectivity index (χ4v) is 2.37. The van der Waals surface area contributed by atoms with Crippen LogP contribution in [0.15, 0.2) is 0 Å². The predicted molar refractivity (Wildman–Crippen MR) is 57.1 cm³/mol. The molecule has 1 rings (SSSR count). The molecule has 0 heterocycles. The molecule has 14 heavy (non-hydrogen) atoms. The van der Waals surface area contributed by atoms with E-state index in [-0.39, 0.29) is 11.6 Å². The summed E-state index contributed by atoms with van der Waals surface area (Å²) >= 11 is 0. The molecule has 2 nitrogen and oxygen atoms in total. The second-order valence-corrected chi connectivity index (χ2v) is 4.32.